The summed E-state index contributed by atoms with van der Waals surface area (Å²) in [6.45, 7) is 5.75. The zero-order chi connectivity index (χ0) is 21.7. The van der Waals surface area contributed by atoms with E-state index in [0.717, 1.165) is 36.2 Å². The number of nitrogens with one attached hydrogen (secondary N) is 2. The van der Waals surface area contributed by atoms with E-state index in [4.69, 9.17) is 9.72 Å². The molecule has 31 heavy (non-hydrogen) atoms. The van der Waals surface area contributed by atoms with Crippen molar-refractivity contribution in [3.05, 3.63) is 48.7 Å². The highest BCUT2D eigenvalue weighted by atomic mass is 16.6. The highest BCUT2D eigenvalue weighted by Gasteiger charge is 2.58. The van der Waals surface area contributed by atoms with E-state index in [-0.39, 0.29) is 17.2 Å². The van der Waals surface area contributed by atoms with Crippen LogP contribution in [0.1, 0.15) is 59.3 Å². The summed E-state index contributed by atoms with van der Waals surface area (Å²) in [7, 11) is 0. The number of ether oxygens (including phenoxy) is 1. The molecule has 1 heterocycles. The molecule has 4 bridgehead atoms. The number of anilines is 1. The molecule has 4 fully saturated rings. The van der Waals surface area contributed by atoms with Gasteiger partial charge in [0, 0.05) is 16.6 Å². The zero-order valence-corrected chi connectivity index (χ0v) is 18.8. The highest BCUT2D eigenvalue weighted by molar-refractivity contribution is 5.69. The van der Waals surface area contributed by atoms with Crippen molar-refractivity contribution in [3.63, 3.8) is 0 Å². The lowest BCUT2D eigenvalue weighted by molar-refractivity contribution is -0.0324. The number of aromatic nitrogens is 1. The number of nitrogens with zero attached hydrogens (tertiary/aromatic N) is 1. The topological polar surface area (TPSA) is 63.2 Å². The first-order valence-corrected chi connectivity index (χ1v) is 11.5. The van der Waals surface area contributed by atoms with Gasteiger partial charge in [-0.15, -0.1) is 0 Å². The normalized spacial score (nSPS) is 31.3. The van der Waals surface area contributed by atoms with Crippen molar-refractivity contribution in [1.82, 2.24) is 10.3 Å². The largest absolute Gasteiger partial charge is 0.444 e. The minimum atomic E-state index is -0.478. The Morgan fingerprint density at radius 1 is 1.00 bits per heavy atom. The number of alkyl carbamates (subject to hydrolysis) is 1. The van der Waals surface area contributed by atoms with Crippen LogP contribution in [0.2, 0.25) is 0 Å². The van der Waals surface area contributed by atoms with Crippen molar-refractivity contribution in [1.29, 1.82) is 0 Å². The Kier molecular flexibility index (Phi) is 4.76. The summed E-state index contributed by atoms with van der Waals surface area (Å²) in [6, 6.07) is 14.5. The van der Waals surface area contributed by atoms with Crippen LogP contribution in [0.3, 0.4) is 0 Å². The summed E-state index contributed by atoms with van der Waals surface area (Å²) < 4.78 is 5.60. The number of carbonyl (C=O) groups is 1. The molecule has 5 heteroatoms. The van der Waals surface area contributed by atoms with Crippen LogP contribution in [0.15, 0.2) is 48.7 Å². The fourth-order valence-corrected chi connectivity index (χ4v) is 6.63. The molecule has 4 aliphatic carbocycles. The summed E-state index contributed by atoms with van der Waals surface area (Å²) >= 11 is 0. The van der Waals surface area contributed by atoms with Crippen LogP contribution in [0.5, 0.6) is 0 Å². The highest BCUT2D eigenvalue weighted by Crippen LogP contribution is 2.58. The van der Waals surface area contributed by atoms with Gasteiger partial charge in [0.1, 0.15) is 5.60 Å². The number of rotatable bonds is 4. The molecule has 164 valence electrons. The van der Waals surface area contributed by atoms with Gasteiger partial charge < -0.3 is 15.4 Å². The van der Waals surface area contributed by atoms with E-state index in [1.54, 1.807) is 0 Å². The fraction of sp³-hybridized carbons (Fsp3) is 0.538. The molecule has 2 N–H and O–H groups in total. The molecule has 1 aromatic carbocycles. The van der Waals surface area contributed by atoms with Crippen LogP contribution in [-0.2, 0) is 4.74 Å². The number of hydrogen-bond donors (Lipinski definition) is 2. The molecular weight excluding hydrogens is 386 g/mol. The summed E-state index contributed by atoms with van der Waals surface area (Å²) in [4.78, 5) is 17.3. The van der Waals surface area contributed by atoms with Gasteiger partial charge >= 0.3 is 6.09 Å². The molecular formula is C26H33N3O2. The Bertz CT molecular complexity index is 935. The second kappa shape index (κ2) is 7.25. The van der Waals surface area contributed by atoms with E-state index in [0.29, 0.717) is 11.8 Å². The van der Waals surface area contributed by atoms with E-state index >= 15 is 0 Å². The minimum Gasteiger partial charge on any atom is -0.444 e. The third kappa shape index (κ3) is 4.28. The summed E-state index contributed by atoms with van der Waals surface area (Å²) in [5.74, 6) is 1.31. The Labute approximate surface area is 185 Å². The molecule has 2 atom stereocenters. The second-order valence-corrected chi connectivity index (χ2v) is 11.1. The van der Waals surface area contributed by atoms with Gasteiger partial charge in [-0.25, -0.2) is 4.79 Å². The van der Waals surface area contributed by atoms with Gasteiger partial charge in [0.15, 0.2) is 0 Å². The zero-order valence-electron chi connectivity index (χ0n) is 18.8. The van der Waals surface area contributed by atoms with Gasteiger partial charge in [-0.1, -0.05) is 30.3 Å². The fourth-order valence-electron chi connectivity index (χ4n) is 6.63. The molecule has 2 aromatic rings. The number of amides is 1. The lowest BCUT2D eigenvalue weighted by Crippen LogP contribution is -2.67. The van der Waals surface area contributed by atoms with Gasteiger partial charge in [0.25, 0.3) is 0 Å². The first kappa shape index (κ1) is 20.3. The molecule has 0 radical (unpaired) electrons. The molecule has 4 saturated carbocycles. The second-order valence-electron chi connectivity index (χ2n) is 11.1. The van der Waals surface area contributed by atoms with Crippen molar-refractivity contribution < 1.29 is 9.53 Å². The van der Waals surface area contributed by atoms with E-state index < -0.39 is 5.60 Å². The Morgan fingerprint density at radius 3 is 2.29 bits per heavy atom. The van der Waals surface area contributed by atoms with E-state index in [1.165, 1.54) is 19.3 Å². The molecule has 0 saturated heterocycles. The number of pyridine rings is 1. The molecule has 1 aromatic heterocycles. The molecule has 0 spiro atoms. The molecule has 2 unspecified atom stereocenters. The Balaban J connectivity index is 1.33. The monoisotopic (exact) mass is 419 g/mol. The molecule has 4 aliphatic rings. The van der Waals surface area contributed by atoms with E-state index in [1.807, 2.05) is 45.2 Å². The summed E-state index contributed by atoms with van der Waals surface area (Å²) in [5.41, 5.74) is 2.57. The standard InChI is InChI=1S/C26H33N3O2/c1-24(2,3)31-23(30)29-26-14-18-11-19(15-26)13-25(12-18,17-26)28-21-9-10-22(27-16-21)20-7-5-4-6-8-20/h4-10,16,18-19,28H,11-15,17H2,1-3H3,(H,29,30). The predicted octanol–water partition coefficient (Wildman–Crippen LogP) is 5.78. The molecule has 1 amide bonds. The number of hydrogen-bond acceptors (Lipinski definition) is 4. The van der Waals surface area contributed by atoms with Crippen LogP contribution >= 0.6 is 0 Å². The first-order chi connectivity index (χ1) is 14.7. The smallest absolute Gasteiger partial charge is 0.408 e. The van der Waals surface area contributed by atoms with Gasteiger partial charge in [0.2, 0.25) is 0 Å². The maximum Gasteiger partial charge on any atom is 0.408 e. The third-order valence-electron chi connectivity index (χ3n) is 7.07. The van der Waals surface area contributed by atoms with Crippen molar-refractivity contribution in [2.24, 2.45) is 11.8 Å². The van der Waals surface area contributed by atoms with Crippen molar-refractivity contribution in [2.45, 2.75) is 76.0 Å². The van der Waals surface area contributed by atoms with Crippen LogP contribution in [0.25, 0.3) is 11.3 Å². The van der Waals surface area contributed by atoms with Crippen LogP contribution in [0.4, 0.5) is 10.5 Å². The first-order valence-electron chi connectivity index (χ1n) is 11.5. The Morgan fingerprint density at radius 2 is 1.68 bits per heavy atom. The maximum atomic E-state index is 12.6. The van der Waals surface area contributed by atoms with E-state index in [2.05, 4.69) is 34.9 Å². The average Bonchev–Trinajstić information content (AvgIpc) is 2.66. The van der Waals surface area contributed by atoms with Crippen molar-refractivity contribution >= 4 is 11.8 Å². The lowest BCUT2D eigenvalue weighted by Gasteiger charge is -2.62. The minimum absolute atomic E-state index is 0.0229. The van der Waals surface area contributed by atoms with Gasteiger partial charge in [-0.2, -0.15) is 0 Å². The summed E-state index contributed by atoms with van der Waals surface area (Å²) in [5, 5.41) is 7.16. The number of carbonyl (C=O) groups excluding carboxylic acids is 1. The lowest BCUT2D eigenvalue weighted by atomic mass is 9.50. The number of benzene rings is 1. The van der Waals surface area contributed by atoms with E-state index in [9.17, 15) is 4.79 Å². The van der Waals surface area contributed by atoms with Crippen LogP contribution in [0, 0.1) is 11.8 Å². The maximum absolute atomic E-state index is 12.6. The molecule has 0 aliphatic heterocycles. The predicted molar refractivity (Wildman–Crippen MR) is 123 cm³/mol. The third-order valence-corrected chi connectivity index (χ3v) is 7.07. The molecule has 6 rings (SSSR count). The Hall–Kier alpha value is -2.56. The van der Waals surface area contributed by atoms with Gasteiger partial charge in [-0.05, 0) is 83.3 Å². The van der Waals surface area contributed by atoms with Gasteiger partial charge in [0.05, 0.1) is 17.6 Å². The average molecular weight is 420 g/mol. The van der Waals surface area contributed by atoms with Crippen molar-refractivity contribution in [3.8, 4) is 11.3 Å². The summed E-state index contributed by atoms with van der Waals surface area (Å²) in [6.07, 6.45) is 8.38. The quantitative estimate of drug-likeness (QED) is 0.660. The van der Waals surface area contributed by atoms with Crippen molar-refractivity contribution in [2.75, 3.05) is 5.32 Å². The molecule has 5 nitrogen and oxygen atoms in total. The SMILES string of the molecule is CC(C)(C)OC(=O)NC12CC3CC(C1)CC(Nc1ccc(-c4ccccc4)nc1)(C3)C2. The van der Waals surface area contributed by atoms with Crippen LogP contribution < -0.4 is 10.6 Å². The van der Waals surface area contributed by atoms with Gasteiger partial charge in [-0.3, -0.25) is 4.98 Å². The van der Waals surface area contributed by atoms with Crippen LogP contribution in [-0.4, -0.2) is 27.8 Å².